The van der Waals surface area contributed by atoms with Crippen LogP contribution in [0.2, 0.25) is 5.02 Å². The maximum Gasteiger partial charge on any atom is 0.0914 e. The molecule has 1 atom stereocenters. The van der Waals surface area contributed by atoms with Crippen molar-refractivity contribution in [1.82, 2.24) is 5.32 Å². The summed E-state index contributed by atoms with van der Waals surface area (Å²) in [5.74, 6) is 0. The molecule has 1 unspecified atom stereocenters. The normalized spacial score (nSPS) is 12.3. The van der Waals surface area contributed by atoms with Gasteiger partial charge < -0.3 is 10.4 Å². The van der Waals surface area contributed by atoms with Crippen LogP contribution in [0.3, 0.4) is 0 Å². The number of rotatable bonds is 6. The van der Waals surface area contributed by atoms with Crippen molar-refractivity contribution in [2.75, 3.05) is 13.1 Å². The standard InChI is InChI=1S/C16H18ClNO/c17-15-8-6-14(7-9-15)16(19)12-18-11-10-13-4-2-1-3-5-13/h1-9,16,18-19H,10-12H2. The SMILES string of the molecule is OC(CNCCc1ccccc1)c1ccc(Cl)cc1. The predicted molar refractivity (Wildman–Crippen MR) is 79.4 cm³/mol. The first kappa shape index (κ1) is 14.1. The Bertz CT molecular complexity index is 484. The molecule has 0 aliphatic carbocycles. The molecule has 3 heteroatoms. The van der Waals surface area contributed by atoms with Crippen molar-refractivity contribution in [3.8, 4) is 0 Å². The van der Waals surface area contributed by atoms with Gasteiger partial charge in [0.05, 0.1) is 6.10 Å². The smallest absolute Gasteiger partial charge is 0.0914 e. The van der Waals surface area contributed by atoms with Crippen molar-refractivity contribution in [3.63, 3.8) is 0 Å². The summed E-state index contributed by atoms with van der Waals surface area (Å²) in [6, 6.07) is 17.6. The van der Waals surface area contributed by atoms with Gasteiger partial charge in [-0.05, 0) is 36.2 Å². The molecule has 0 radical (unpaired) electrons. The summed E-state index contributed by atoms with van der Waals surface area (Å²) in [7, 11) is 0. The highest BCUT2D eigenvalue weighted by Gasteiger charge is 2.06. The van der Waals surface area contributed by atoms with Crippen LogP contribution >= 0.6 is 11.6 Å². The molecule has 2 rings (SSSR count). The summed E-state index contributed by atoms with van der Waals surface area (Å²) in [4.78, 5) is 0. The lowest BCUT2D eigenvalue weighted by molar-refractivity contribution is 0.175. The van der Waals surface area contributed by atoms with Gasteiger partial charge in [0.25, 0.3) is 0 Å². The van der Waals surface area contributed by atoms with E-state index in [-0.39, 0.29) is 0 Å². The van der Waals surface area contributed by atoms with Gasteiger partial charge in [-0.3, -0.25) is 0 Å². The molecular formula is C16H18ClNO. The maximum absolute atomic E-state index is 10.0. The third-order valence-electron chi connectivity index (χ3n) is 3.03. The number of aliphatic hydroxyl groups is 1. The van der Waals surface area contributed by atoms with Crippen molar-refractivity contribution in [2.24, 2.45) is 0 Å². The summed E-state index contributed by atoms with van der Waals surface area (Å²) in [5.41, 5.74) is 2.19. The van der Waals surface area contributed by atoms with E-state index in [1.165, 1.54) is 5.56 Å². The zero-order valence-electron chi connectivity index (χ0n) is 10.7. The van der Waals surface area contributed by atoms with Gasteiger partial charge in [-0.1, -0.05) is 54.1 Å². The molecule has 0 spiro atoms. The molecule has 2 nitrogen and oxygen atoms in total. The highest BCUT2D eigenvalue weighted by molar-refractivity contribution is 6.30. The van der Waals surface area contributed by atoms with Gasteiger partial charge in [-0.2, -0.15) is 0 Å². The van der Waals surface area contributed by atoms with E-state index in [0.717, 1.165) is 18.5 Å². The number of hydrogen-bond acceptors (Lipinski definition) is 2. The van der Waals surface area contributed by atoms with E-state index in [4.69, 9.17) is 11.6 Å². The molecule has 100 valence electrons. The average Bonchev–Trinajstić information content (AvgIpc) is 2.45. The van der Waals surface area contributed by atoms with Crippen LogP contribution in [0.4, 0.5) is 0 Å². The molecule has 0 saturated carbocycles. The fourth-order valence-electron chi connectivity index (χ4n) is 1.92. The van der Waals surface area contributed by atoms with Gasteiger partial charge in [0.2, 0.25) is 0 Å². The van der Waals surface area contributed by atoms with Crippen LogP contribution in [0.5, 0.6) is 0 Å². The monoisotopic (exact) mass is 275 g/mol. The largest absolute Gasteiger partial charge is 0.387 e. The molecule has 2 N–H and O–H groups in total. The molecule has 2 aromatic rings. The average molecular weight is 276 g/mol. The Labute approximate surface area is 119 Å². The van der Waals surface area contributed by atoms with Gasteiger partial charge in [0, 0.05) is 11.6 Å². The first-order chi connectivity index (χ1) is 9.25. The van der Waals surface area contributed by atoms with Crippen LogP contribution < -0.4 is 5.32 Å². The molecule has 19 heavy (non-hydrogen) atoms. The second-order valence-electron chi connectivity index (χ2n) is 4.51. The van der Waals surface area contributed by atoms with Crippen LogP contribution in [0.15, 0.2) is 54.6 Å². The van der Waals surface area contributed by atoms with E-state index < -0.39 is 6.10 Å². The van der Waals surface area contributed by atoms with Crippen LogP contribution in [-0.2, 0) is 6.42 Å². The Balaban J connectivity index is 1.72. The topological polar surface area (TPSA) is 32.3 Å². The van der Waals surface area contributed by atoms with Crippen LogP contribution in [0, 0.1) is 0 Å². The maximum atomic E-state index is 10.0. The Morgan fingerprint density at radius 2 is 1.68 bits per heavy atom. The summed E-state index contributed by atoms with van der Waals surface area (Å²) >= 11 is 5.81. The summed E-state index contributed by atoms with van der Waals surface area (Å²) in [5, 5.41) is 14.0. The molecule has 0 aliphatic rings. The van der Waals surface area contributed by atoms with E-state index in [2.05, 4.69) is 17.4 Å². The number of benzene rings is 2. The molecule has 0 fully saturated rings. The van der Waals surface area contributed by atoms with E-state index >= 15 is 0 Å². The van der Waals surface area contributed by atoms with Crippen LogP contribution in [-0.4, -0.2) is 18.2 Å². The minimum Gasteiger partial charge on any atom is -0.387 e. The van der Waals surface area contributed by atoms with Crippen molar-refractivity contribution in [1.29, 1.82) is 0 Å². The Hall–Kier alpha value is -1.35. The number of halogens is 1. The molecule has 0 bridgehead atoms. The molecule has 0 aromatic heterocycles. The predicted octanol–water partition coefficient (Wildman–Crippen LogP) is 3.21. The summed E-state index contributed by atoms with van der Waals surface area (Å²) in [6.45, 7) is 1.41. The molecule has 0 aliphatic heterocycles. The minimum atomic E-state index is -0.493. The lowest BCUT2D eigenvalue weighted by atomic mass is 10.1. The van der Waals surface area contributed by atoms with E-state index in [9.17, 15) is 5.11 Å². The number of aliphatic hydroxyl groups excluding tert-OH is 1. The zero-order valence-corrected chi connectivity index (χ0v) is 11.5. The molecule has 0 amide bonds. The lowest BCUT2D eigenvalue weighted by Gasteiger charge is -2.12. The van der Waals surface area contributed by atoms with Crippen molar-refractivity contribution in [2.45, 2.75) is 12.5 Å². The Morgan fingerprint density at radius 3 is 2.37 bits per heavy atom. The highest BCUT2D eigenvalue weighted by Crippen LogP contribution is 2.15. The molecule has 2 aromatic carbocycles. The fourth-order valence-corrected chi connectivity index (χ4v) is 2.04. The van der Waals surface area contributed by atoms with Gasteiger partial charge in [0.1, 0.15) is 0 Å². The highest BCUT2D eigenvalue weighted by atomic mass is 35.5. The van der Waals surface area contributed by atoms with Gasteiger partial charge in [0.15, 0.2) is 0 Å². The van der Waals surface area contributed by atoms with Gasteiger partial charge >= 0.3 is 0 Å². The second kappa shape index (κ2) is 7.29. The Morgan fingerprint density at radius 1 is 1.00 bits per heavy atom. The van der Waals surface area contributed by atoms with Crippen LogP contribution in [0.1, 0.15) is 17.2 Å². The number of hydrogen-bond donors (Lipinski definition) is 2. The number of nitrogens with one attached hydrogen (secondary N) is 1. The van der Waals surface area contributed by atoms with Crippen molar-refractivity contribution >= 4 is 11.6 Å². The Kier molecular flexibility index (Phi) is 5.40. The van der Waals surface area contributed by atoms with E-state index in [1.807, 2.05) is 30.3 Å². The molecular weight excluding hydrogens is 258 g/mol. The van der Waals surface area contributed by atoms with Crippen molar-refractivity contribution in [3.05, 3.63) is 70.7 Å². The third kappa shape index (κ3) is 4.67. The quantitative estimate of drug-likeness (QED) is 0.794. The van der Waals surface area contributed by atoms with Crippen LogP contribution in [0.25, 0.3) is 0 Å². The minimum absolute atomic E-state index is 0.493. The summed E-state index contributed by atoms with van der Waals surface area (Å²) < 4.78 is 0. The van der Waals surface area contributed by atoms with E-state index in [1.54, 1.807) is 12.1 Å². The fraction of sp³-hybridized carbons (Fsp3) is 0.250. The van der Waals surface area contributed by atoms with E-state index in [0.29, 0.717) is 11.6 Å². The first-order valence-electron chi connectivity index (χ1n) is 6.44. The molecule has 0 saturated heterocycles. The first-order valence-corrected chi connectivity index (χ1v) is 6.81. The molecule has 0 heterocycles. The zero-order chi connectivity index (χ0) is 13.5. The van der Waals surface area contributed by atoms with Gasteiger partial charge in [-0.25, -0.2) is 0 Å². The third-order valence-corrected chi connectivity index (χ3v) is 3.28. The van der Waals surface area contributed by atoms with Crippen molar-refractivity contribution < 1.29 is 5.11 Å². The second-order valence-corrected chi connectivity index (χ2v) is 4.94. The summed E-state index contributed by atoms with van der Waals surface area (Å²) in [6.07, 6.45) is 0.474. The lowest BCUT2D eigenvalue weighted by Crippen LogP contribution is -2.23. The van der Waals surface area contributed by atoms with Gasteiger partial charge in [-0.15, -0.1) is 0 Å².